The number of aryl methyl sites for hydroxylation is 1. The van der Waals surface area contributed by atoms with E-state index in [1.54, 1.807) is 24.3 Å². The van der Waals surface area contributed by atoms with Crippen LogP contribution in [0.4, 0.5) is 5.69 Å². The van der Waals surface area contributed by atoms with Gasteiger partial charge in [0.25, 0.3) is 0 Å². The predicted molar refractivity (Wildman–Crippen MR) is 128 cm³/mol. The molecule has 0 aromatic heterocycles. The van der Waals surface area contributed by atoms with Crippen molar-refractivity contribution in [2.24, 2.45) is 0 Å². The third kappa shape index (κ3) is 6.34. The minimum atomic E-state index is -3.96. The topological polar surface area (TPSA) is 84.9 Å². The fraction of sp³-hybridized carbons (Fsp3) is 0.240. The van der Waals surface area contributed by atoms with Gasteiger partial charge in [-0.1, -0.05) is 36.4 Å². The Hall–Kier alpha value is -3.36. The molecule has 0 radical (unpaired) electrons. The van der Waals surface area contributed by atoms with Crippen LogP contribution in [0.2, 0.25) is 0 Å². The molecule has 0 spiro atoms. The van der Waals surface area contributed by atoms with Gasteiger partial charge in [0, 0.05) is 6.54 Å². The SMILES string of the molecule is CCOc1ccc(S(=O)(=O)N(CC(=O)Nc2cc(C)ccc2OC)Cc2ccccc2)cc1. The molecule has 3 aromatic carbocycles. The average molecular weight is 469 g/mol. The lowest BCUT2D eigenvalue weighted by Crippen LogP contribution is -2.37. The number of methoxy groups -OCH3 is 1. The molecule has 0 saturated heterocycles. The number of carbonyl (C=O) groups excluding carboxylic acids is 1. The fourth-order valence-electron chi connectivity index (χ4n) is 3.31. The van der Waals surface area contributed by atoms with Crippen LogP contribution in [0.15, 0.2) is 77.7 Å². The van der Waals surface area contributed by atoms with E-state index in [0.29, 0.717) is 23.8 Å². The number of hydrogen-bond donors (Lipinski definition) is 1. The van der Waals surface area contributed by atoms with Crippen LogP contribution in [0, 0.1) is 6.92 Å². The van der Waals surface area contributed by atoms with E-state index in [1.807, 2.05) is 50.2 Å². The summed E-state index contributed by atoms with van der Waals surface area (Å²) in [5.74, 6) is 0.609. The predicted octanol–water partition coefficient (Wildman–Crippen LogP) is 4.23. The maximum atomic E-state index is 13.5. The molecule has 7 nitrogen and oxygen atoms in total. The molecule has 8 heteroatoms. The Balaban J connectivity index is 1.88. The summed E-state index contributed by atoms with van der Waals surface area (Å²) in [6.45, 7) is 3.92. The van der Waals surface area contributed by atoms with Gasteiger partial charge in [-0.05, 0) is 61.4 Å². The van der Waals surface area contributed by atoms with Crippen molar-refractivity contribution in [3.8, 4) is 11.5 Å². The van der Waals surface area contributed by atoms with Crippen LogP contribution in [0.25, 0.3) is 0 Å². The molecule has 0 atom stereocenters. The highest BCUT2D eigenvalue weighted by Gasteiger charge is 2.27. The van der Waals surface area contributed by atoms with Crippen LogP contribution in [-0.2, 0) is 21.4 Å². The lowest BCUT2D eigenvalue weighted by molar-refractivity contribution is -0.116. The van der Waals surface area contributed by atoms with Crippen molar-refractivity contribution in [2.45, 2.75) is 25.3 Å². The first-order valence-electron chi connectivity index (χ1n) is 10.5. The van der Waals surface area contributed by atoms with E-state index >= 15 is 0 Å². The lowest BCUT2D eigenvalue weighted by atomic mass is 10.2. The average Bonchev–Trinajstić information content (AvgIpc) is 2.80. The van der Waals surface area contributed by atoms with Crippen molar-refractivity contribution in [1.29, 1.82) is 0 Å². The molecule has 0 heterocycles. The van der Waals surface area contributed by atoms with Crippen LogP contribution >= 0.6 is 0 Å². The Kier molecular flexibility index (Phi) is 8.08. The molecule has 3 rings (SSSR count). The highest BCUT2D eigenvalue weighted by Crippen LogP contribution is 2.26. The van der Waals surface area contributed by atoms with E-state index in [1.165, 1.54) is 19.2 Å². The van der Waals surface area contributed by atoms with Gasteiger partial charge in [-0.3, -0.25) is 4.79 Å². The zero-order valence-corrected chi connectivity index (χ0v) is 19.8. The molecule has 0 aliphatic heterocycles. The normalized spacial score (nSPS) is 11.3. The first-order valence-corrected chi connectivity index (χ1v) is 12.0. The summed E-state index contributed by atoms with van der Waals surface area (Å²) in [5, 5.41) is 2.78. The number of nitrogens with one attached hydrogen (secondary N) is 1. The minimum Gasteiger partial charge on any atom is -0.495 e. The highest BCUT2D eigenvalue weighted by atomic mass is 32.2. The van der Waals surface area contributed by atoms with Gasteiger partial charge < -0.3 is 14.8 Å². The van der Waals surface area contributed by atoms with Gasteiger partial charge >= 0.3 is 0 Å². The maximum absolute atomic E-state index is 13.5. The first kappa shape index (κ1) is 24.3. The van der Waals surface area contributed by atoms with E-state index in [9.17, 15) is 13.2 Å². The van der Waals surface area contributed by atoms with Crippen molar-refractivity contribution in [2.75, 3.05) is 25.6 Å². The highest BCUT2D eigenvalue weighted by molar-refractivity contribution is 7.89. The van der Waals surface area contributed by atoms with Gasteiger partial charge in [0.2, 0.25) is 15.9 Å². The number of amides is 1. The first-order chi connectivity index (χ1) is 15.8. The molecule has 1 N–H and O–H groups in total. The molecular formula is C25H28N2O5S. The van der Waals surface area contributed by atoms with E-state index < -0.39 is 15.9 Å². The van der Waals surface area contributed by atoms with Crippen LogP contribution in [0.3, 0.4) is 0 Å². The summed E-state index contributed by atoms with van der Waals surface area (Å²) >= 11 is 0. The van der Waals surface area contributed by atoms with E-state index in [4.69, 9.17) is 9.47 Å². The second kappa shape index (κ2) is 11.0. The van der Waals surface area contributed by atoms with Gasteiger partial charge in [-0.15, -0.1) is 0 Å². The Labute approximate surface area is 195 Å². The smallest absolute Gasteiger partial charge is 0.243 e. The van der Waals surface area contributed by atoms with Gasteiger partial charge in [0.05, 0.1) is 30.8 Å². The maximum Gasteiger partial charge on any atom is 0.243 e. The molecule has 174 valence electrons. The molecule has 0 saturated carbocycles. The molecule has 0 aliphatic rings. The quantitative estimate of drug-likeness (QED) is 0.481. The Morgan fingerprint density at radius 2 is 1.70 bits per heavy atom. The largest absolute Gasteiger partial charge is 0.495 e. The minimum absolute atomic E-state index is 0.0504. The summed E-state index contributed by atoms with van der Waals surface area (Å²) in [4.78, 5) is 13.0. The van der Waals surface area contributed by atoms with Gasteiger partial charge in [0.15, 0.2) is 0 Å². The van der Waals surface area contributed by atoms with Crippen LogP contribution in [0.1, 0.15) is 18.1 Å². The van der Waals surface area contributed by atoms with Crippen molar-refractivity contribution < 1.29 is 22.7 Å². The molecule has 33 heavy (non-hydrogen) atoms. The number of rotatable bonds is 10. The van der Waals surface area contributed by atoms with Crippen LogP contribution < -0.4 is 14.8 Å². The number of anilines is 1. The Bertz CT molecular complexity index is 1180. The van der Waals surface area contributed by atoms with Crippen molar-refractivity contribution in [3.05, 3.63) is 83.9 Å². The fourth-order valence-corrected chi connectivity index (χ4v) is 4.69. The number of carbonyl (C=O) groups is 1. The zero-order chi connectivity index (χ0) is 23.8. The van der Waals surface area contributed by atoms with Gasteiger partial charge in [-0.25, -0.2) is 8.42 Å². The van der Waals surface area contributed by atoms with Crippen LogP contribution in [0.5, 0.6) is 11.5 Å². The third-order valence-corrected chi connectivity index (χ3v) is 6.73. The number of nitrogens with zero attached hydrogens (tertiary/aromatic N) is 1. The number of hydrogen-bond acceptors (Lipinski definition) is 5. The van der Waals surface area contributed by atoms with Crippen molar-refractivity contribution >= 4 is 21.6 Å². The van der Waals surface area contributed by atoms with E-state index in [-0.39, 0.29) is 18.0 Å². The Morgan fingerprint density at radius 1 is 1.00 bits per heavy atom. The van der Waals surface area contributed by atoms with Crippen molar-refractivity contribution in [1.82, 2.24) is 4.31 Å². The molecule has 1 amide bonds. The lowest BCUT2D eigenvalue weighted by Gasteiger charge is -2.22. The van der Waals surface area contributed by atoms with Crippen molar-refractivity contribution in [3.63, 3.8) is 0 Å². The van der Waals surface area contributed by atoms with Gasteiger partial charge in [0.1, 0.15) is 11.5 Å². The number of benzene rings is 3. The molecule has 0 bridgehead atoms. The molecular weight excluding hydrogens is 440 g/mol. The molecule has 0 aliphatic carbocycles. The monoisotopic (exact) mass is 468 g/mol. The summed E-state index contributed by atoms with van der Waals surface area (Å²) in [6.07, 6.45) is 0. The molecule has 0 unspecified atom stereocenters. The van der Waals surface area contributed by atoms with E-state index in [2.05, 4.69) is 5.32 Å². The summed E-state index contributed by atoms with van der Waals surface area (Å²) in [5.41, 5.74) is 2.20. The van der Waals surface area contributed by atoms with Gasteiger partial charge in [-0.2, -0.15) is 4.31 Å². The second-order valence-electron chi connectivity index (χ2n) is 7.42. The Morgan fingerprint density at radius 3 is 2.33 bits per heavy atom. The molecule has 0 fully saturated rings. The van der Waals surface area contributed by atoms with E-state index in [0.717, 1.165) is 15.4 Å². The second-order valence-corrected chi connectivity index (χ2v) is 9.35. The zero-order valence-electron chi connectivity index (χ0n) is 18.9. The summed E-state index contributed by atoms with van der Waals surface area (Å²) < 4.78 is 38.8. The number of ether oxygens (including phenoxy) is 2. The summed E-state index contributed by atoms with van der Waals surface area (Å²) in [7, 11) is -2.44. The number of sulfonamides is 1. The summed E-state index contributed by atoms with van der Waals surface area (Å²) in [6, 6.07) is 20.7. The third-order valence-electron chi connectivity index (χ3n) is 4.92. The van der Waals surface area contributed by atoms with Crippen LogP contribution in [-0.4, -0.2) is 38.9 Å². The standard InChI is InChI=1S/C25H28N2O5S/c1-4-32-21-11-13-22(14-12-21)33(29,30)27(17-20-8-6-5-7-9-20)18-25(28)26-23-16-19(2)10-15-24(23)31-3/h5-16H,4,17-18H2,1-3H3,(H,26,28). The molecule has 3 aromatic rings.